The average Bonchev–Trinajstić information content (AvgIpc) is 3.32. The summed E-state index contributed by atoms with van der Waals surface area (Å²) in [5.41, 5.74) is 3.28. The van der Waals surface area contributed by atoms with Gasteiger partial charge in [0.05, 0.1) is 17.8 Å². The van der Waals surface area contributed by atoms with E-state index in [-0.39, 0.29) is 11.9 Å². The molecule has 5 rings (SSSR count). The molecule has 35 heavy (non-hydrogen) atoms. The lowest BCUT2D eigenvalue weighted by atomic mass is 9.89. The maximum absolute atomic E-state index is 13.1. The minimum absolute atomic E-state index is 0.283. The highest BCUT2D eigenvalue weighted by Crippen LogP contribution is 2.26. The van der Waals surface area contributed by atoms with E-state index in [4.69, 9.17) is 11.6 Å². The van der Waals surface area contributed by atoms with E-state index in [0.29, 0.717) is 29.1 Å². The van der Waals surface area contributed by atoms with Gasteiger partial charge < -0.3 is 10.3 Å². The number of fused-ring (bicyclic) bond motifs is 1. The standard InChI is InChI=1S/C27H25ClN4O3/c28-20-12-13-22-19(15-20)16-24(30-22)26(33)31-23-6-1-2-7-25(23)32(35)27(34)18-10-8-17(9-11-18)21-5-3-4-14-29-21/h3-5,8-16,23,25,30,35H,1-2,6-7H2,(H,31,33)/t23-,25+/m0/s1. The van der Waals surface area contributed by atoms with E-state index in [1.807, 2.05) is 36.4 Å². The SMILES string of the molecule is O=C(N[C@H]1CCCC[C@H]1N(O)C(=O)c1ccc(-c2ccccn2)cc1)c1cc2cc(Cl)ccc2[nH]1. The summed E-state index contributed by atoms with van der Waals surface area (Å²) in [6, 6.07) is 18.9. The van der Waals surface area contributed by atoms with Crippen molar-refractivity contribution in [1.82, 2.24) is 20.3 Å². The predicted octanol–water partition coefficient (Wildman–Crippen LogP) is 5.46. The second-order valence-corrected chi connectivity index (χ2v) is 9.22. The Morgan fingerprint density at radius 3 is 2.60 bits per heavy atom. The van der Waals surface area contributed by atoms with Gasteiger partial charge in [0.15, 0.2) is 0 Å². The summed E-state index contributed by atoms with van der Waals surface area (Å²) in [4.78, 5) is 33.5. The molecule has 0 unspecified atom stereocenters. The van der Waals surface area contributed by atoms with Crippen molar-refractivity contribution in [3.63, 3.8) is 0 Å². The molecule has 7 nitrogen and oxygen atoms in total. The van der Waals surface area contributed by atoms with Crippen LogP contribution in [0.2, 0.25) is 5.02 Å². The largest absolute Gasteiger partial charge is 0.351 e. The molecule has 2 aromatic heterocycles. The molecule has 178 valence electrons. The highest BCUT2D eigenvalue weighted by molar-refractivity contribution is 6.31. The third-order valence-corrected chi connectivity index (χ3v) is 6.72. The Morgan fingerprint density at radius 1 is 1.03 bits per heavy atom. The van der Waals surface area contributed by atoms with Crippen molar-refractivity contribution in [3.05, 3.63) is 89.2 Å². The van der Waals surface area contributed by atoms with E-state index in [1.54, 1.807) is 36.5 Å². The normalized spacial score (nSPS) is 17.8. The van der Waals surface area contributed by atoms with Crippen LogP contribution in [0, 0.1) is 0 Å². The minimum Gasteiger partial charge on any atom is -0.351 e. The molecule has 1 aliphatic rings. The average molecular weight is 489 g/mol. The first-order valence-electron chi connectivity index (χ1n) is 11.6. The zero-order chi connectivity index (χ0) is 24.4. The summed E-state index contributed by atoms with van der Waals surface area (Å²) < 4.78 is 0. The Balaban J connectivity index is 1.30. The van der Waals surface area contributed by atoms with Crippen LogP contribution >= 0.6 is 11.6 Å². The number of hydrogen-bond donors (Lipinski definition) is 3. The molecule has 0 bridgehead atoms. The van der Waals surface area contributed by atoms with Gasteiger partial charge in [-0.1, -0.05) is 42.6 Å². The number of hydrogen-bond acceptors (Lipinski definition) is 4. The number of nitrogens with zero attached hydrogens (tertiary/aromatic N) is 2. The quantitative estimate of drug-likeness (QED) is 0.257. The second-order valence-electron chi connectivity index (χ2n) is 8.79. The predicted molar refractivity (Wildman–Crippen MR) is 134 cm³/mol. The number of aromatic amines is 1. The van der Waals surface area contributed by atoms with Crippen LogP contribution < -0.4 is 5.32 Å². The van der Waals surface area contributed by atoms with Crippen LogP contribution in [0.5, 0.6) is 0 Å². The van der Waals surface area contributed by atoms with Crippen molar-refractivity contribution in [2.75, 3.05) is 0 Å². The first-order chi connectivity index (χ1) is 17.0. The Labute approximate surface area is 207 Å². The van der Waals surface area contributed by atoms with Crippen LogP contribution in [0.3, 0.4) is 0 Å². The van der Waals surface area contributed by atoms with Crippen molar-refractivity contribution in [1.29, 1.82) is 0 Å². The molecule has 1 saturated carbocycles. The highest BCUT2D eigenvalue weighted by atomic mass is 35.5. The summed E-state index contributed by atoms with van der Waals surface area (Å²) >= 11 is 6.05. The lowest BCUT2D eigenvalue weighted by Crippen LogP contribution is -2.54. The number of H-pyrrole nitrogens is 1. The third-order valence-electron chi connectivity index (χ3n) is 6.49. The summed E-state index contributed by atoms with van der Waals surface area (Å²) in [6.45, 7) is 0. The number of halogens is 1. The number of carbonyl (C=O) groups excluding carboxylic acids is 2. The lowest BCUT2D eigenvalue weighted by Gasteiger charge is -2.36. The highest BCUT2D eigenvalue weighted by Gasteiger charge is 2.34. The number of pyridine rings is 1. The Morgan fingerprint density at radius 2 is 1.83 bits per heavy atom. The molecule has 8 heteroatoms. The van der Waals surface area contributed by atoms with Crippen LogP contribution in [0.1, 0.15) is 46.5 Å². The van der Waals surface area contributed by atoms with E-state index in [1.165, 1.54) is 0 Å². The molecule has 1 fully saturated rings. The minimum atomic E-state index is -0.519. The Hall–Kier alpha value is -3.68. The first kappa shape index (κ1) is 23.1. The fourth-order valence-electron chi connectivity index (χ4n) is 4.64. The molecule has 0 radical (unpaired) electrons. The van der Waals surface area contributed by atoms with Gasteiger partial charge >= 0.3 is 0 Å². The molecule has 2 atom stereocenters. The summed E-state index contributed by atoms with van der Waals surface area (Å²) in [6.07, 6.45) is 4.76. The topological polar surface area (TPSA) is 98.3 Å². The van der Waals surface area contributed by atoms with E-state index in [0.717, 1.165) is 40.1 Å². The number of rotatable bonds is 5. The smallest absolute Gasteiger partial charge is 0.277 e. The Bertz CT molecular complexity index is 1350. The Kier molecular flexibility index (Phi) is 6.53. The fraction of sp³-hybridized carbons (Fsp3) is 0.222. The van der Waals surface area contributed by atoms with Crippen molar-refractivity contribution in [3.8, 4) is 11.3 Å². The van der Waals surface area contributed by atoms with Crippen molar-refractivity contribution in [2.45, 2.75) is 37.8 Å². The number of hydroxylamine groups is 2. The number of aromatic nitrogens is 2. The van der Waals surface area contributed by atoms with Gasteiger partial charge in [-0.3, -0.25) is 19.8 Å². The maximum Gasteiger partial charge on any atom is 0.277 e. The van der Waals surface area contributed by atoms with Gasteiger partial charge in [0.2, 0.25) is 0 Å². The van der Waals surface area contributed by atoms with Gasteiger partial charge in [-0.2, -0.15) is 0 Å². The molecule has 0 saturated heterocycles. The number of nitrogens with one attached hydrogen (secondary N) is 2. The van der Waals surface area contributed by atoms with Gasteiger partial charge in [0, 0.05) is 33.2 Å². The van der Waals surface area contributed by atoms with Crippen LogP contribution in [0.15, 0.2) is 72.9 Å². The molecule has 2 heterocycles. The van der Waals surface area contributed by atoms with Gasteiger partial charge in [-0.05, 0) is 61.4 Å². The number of benzene rings is 2. The molecule has 0 spiro atoms. The van der Waals surface area contributed by atoms with E-state index in [2.05, 4.69) is 15.3 Å². The summed E-state index contributed by atoms with van der Waals surface area (Å²) in [7, 11) is 0. The molecule has 1 aliphatic carbocycles. The van der Waals surface area contributed by atoms with Gasteiger partial charge in [0.25, 0.3) is 11.8 Å². The molecular weight excluding hydrogens is 464 g/mol. The van der Waals surface area contributed by atoms with Gasteiger partial charge in [0.1, 0.15) is 5.69 Å². The van der Waals surface area contributed by atoms with Gasteiger partial charge in [-0.25, -0.2) is 5.06 Å². The number of amides is 2. The molecule has 2 amide bonds. The molecule has 2 aromatic carbocycles. The van der Waals surface area contributed by atoms with Crippen molar-refractivity contribution >= 4 is 34.3 Å². The molecular formula is C27H25ClN4O3. The fourth-order valence-corrected chi connectivity index (χ4v) is 4.82. The zero-order valence-corrected chi connectivity index (χ0v) is 19.7. The maximum atomic E-state index is 13.1. The van der Waals surface area contributed by atoms with E-state index < -0.39 is 11.9 Å². The van der Waals surface area contributed by atoms with Crippen LogP contribution in [0.4, 0.5) is 0 Å². The summed E-state index contributed by atoms with van der Waals surface area (Å²) in [5, 5.41) is 16.1. The zero-order valence-electron chi connectivity index (χ0n) is 18.9. The molecule has 3 N–H and O–H groups in total. The van der Waals surface area contributed by atoms with Crippen LogP contribution in [-0.4, -0.2) is 44.1 Å². The first-order valence-corrected chi connectivity index (χ1v) is 12.0. The van der Waals surface area contributed by atoms with Gasteiger partial charge in [-0.15, -0.1) is 0 Å². The third kappa shape index (κ3) is 4.92. The molecule has 0 aliphatic heterocycles. The van der Waals surface area contributed by atoms with Crippen LogP contribution in [-0.2, 0) is 0 Å². The van der Waals surface area contributed by atoms with Crippen molar-refractivity contribution < 1.29 is 14.8 Å². The second kappa shape index (κ2) is 9.90. The monoisotopic (exact) mass is 488 g/mol. The molecule has 4 aromatic rings. The summed E-state index contributed by atoms with van der Waals surface area (Å²) in [5.74, 6) is -0.779. The van der Waals surface area contributed by atoms with E-state index in [9.17, 15) is 14.8 Å². The number of carbonyl (C=O) groups is 2. The van der Waals surface area contributed by atoms with Crippen LogP contribution in [0.25, 0.3) is 22.2 Å². The lowest BCUT2D eigenvalue weighted by molar-refractivity contribution is -0.103. The van der Waals surface area contributed by atoms with Crippen molar-refractivity contribution in [2.24, 2.45) is 0 Å². The van der Waals surface area contributed by atoms with E-state index >= 15 is 0 Å².